The van der Waals surface area contributed by atoms with Crippen LogP contribution in [0.3, 0.4) is 0 Å². The first-order valence-corrected chi connectivity index (χ1v) is 33.7. The van der Waals surface area contributed by atoms with Gasteiger partial charge in [-0.05, 0) is 118 Å². The van der Waals surface area contributed by atoms with E-state index in [0.717, 1.165) is 12.8 Å². The van der Waals surface area contributed by atoms with Crippen molar-refractivity contribution in [2.45, 2.75) is 318 Å². The summed E-state index contributed by atoms with van der Waals surface area (Å²) >= 11 is 0. The number of hydrogen-bond donors (Lipinski definition) is 5. The standard InChI is InChI=1S/C67H108O25/c1-16-31(2)63(73)87-49-24-42-41(67(74)22-20-40(32(3)69)66(49,67)10)18-17-38-23-39(19-21-65(38,42)9)85-50-25-43(75-11)58(33(4)80-50)88-51-26-44(76-12)59(34(5)81-51)89-52-27-45(77-13)60(35(6)82-52)90-53-28-46(78-14)61(36(7)83-53)91-54-29-47(79-15)62(37(8)84-54)92-64-57(72)56(71)55(70)48(30-68)86-64/h16-17,33-37,39-62,64,68,70-72,74H,18-30H2,1-15H3. The molecular formula is C67H108O25. The van der Waals surface area contributed by atoms with Gasteiger partial charge in [-0.1, -0.05) is 31.6 Å². The average molecular weight is 1310 g/mol. The van der Waals surface area contributed by atoms with E-state index in [1.165, 1.54) is 12.7 Å². The molecule has 6 saturated heterocycles. The highest BCUT2D eigenvalue weighted by atomic mass is 16.8. The van der Waals surface area contributed by atoms with Crippen LogP contribution in [-0.4, -0.2) is 251 Å². The Morgan fingerprint density at radius 3 is 1.39 bits per heavy atom. The van der Waals surface area contributed by atoms with Gasteiger partial charge >= 0.3 is 5.97 Å². The maximum Gasteiger partial charge on any atom is 0.333 e. The van der Waals surface area contributed by atoms with Crippen LogP contribution in [0.4, 0.5) is 0 Å². The lowest BCUT2D eigenvalue weighted by molar-refractivity contribution is -0.360. The van der Waals surface area contributed by atoms with Gasteiger partial charge < -0.3 is 111 Å². The largest absolute Gasteiger partial charge is 0.458 e. The molecule has 25 nitrogen and oxygen atoms in total. The number of ketones is 1. The van der Waals surface area contributed by atoms with Crippen molar-refractivity contribution in [2.24, 2.45) is 28.6 Å². The molecule has 10 rings (SSSR count). The van der Waals surface area contributed by atoms with Crippen LogP contribution in [0.2, 0.25) is 0 Å². The summed E-state index contributed by atoms with van der Waals surface area (Å²) in [6.07, 6.45) is -8.76. The summed E-state index contributed by atoms with van der Waals surface area (Å²) in [5.41, 5.74) is -0.526. The van der Waals surface area contributed by atoms with Crippen LogP contribution in [0.1, 0.15) is 146 Å². The van der Waals surface area contributed by atoms with Crippen LogP contribution in [0.25, 0.3) is 0 Å². The number of methoxy groups -OCH3 is 5. The minimum atomic E-state index is -1.60. The van der Waals surface area contributed by atoms with E-state index in [1.54, 1.807) is 55.3 Å². The Morgan fingerprint density at radius 1 is 0.565 bits per heavy atom. The molecule has 0 spiro atoms. The Hall–Kier alpha value is -2.26. The lowest BCUT2D eigenvalue weighted by Gasteiger charge is -2.63. The number of aliphatic hydroxyl groups is 5. The molecule has 10 aliphatic rings. The molecule has 0 bridgehead atoms. The predicted molar refractivity (Wildman–Crippen MR) is 324 cm³/mol. The summed E-state index contributed by atoms with van der Waals surface area (Å²) < 4.78 is 114. The Balaban J connectivity index is 0.690. The fourth-order valence-electron chi connectivity index (χ4n) is 17.6. The number of fused-ring (bicyclic) bond motifs is 5. The van der Waals surface area contributed by atoms with Crippen LogP contribution in [0.5, 0.6) is 0 Å². The number of hydrogen-bond acceptors (Lipinski definition) is 25. The third kappa shape index (κ3) is 14.2. The normalized spacial score (nSPS) is 50.0. The number of carbonyl (C=O) groups excluding carboxylic acids is 2. The van der Waals surface area contributed by atoms with Crippen LogP contribution in [-0.2, 0) is 94.9 Å². The van der Waals surface area contributed by atoms with E-state index in [-0.39, 0.29) is 41.7 Å². The smallest absolute Gasteiger partial charge is 0.333 e. The third-order valence-corrected chi connectivity index (χ3v) is 23.1. The molecule has 5 N–H and O–H groups in total. The minimum absolute atomic E-state index is 0.0303. The second kappa shape index (κ2) is 30.1. The Labute approximate surface area is 542 Å². The SMILES string of the molecule is CC=C(C)C(=O)OC1CC2C(CC=C3CC(OC4CC(OC)C(OC5CC(OC)C(OC6CC(OC)C(OC7CC(OC)C(OC8CC(OC)C(OC9OC(CO)C(O)C(O)C9O)C(C)O8)C(C)O7)C(C)O6)C(C)O5)C(C)O4)CCC32C)C2(O)CCC(C(C)=O)C12C. The van der Waals surface area contributed by atoms with E-state index in [4.69, 9.17) is 85.3 Å². The molecule has 9 fully saturated rings. The zero-order chi connectivity index (χ0) is 66.5. The molecule has 0 aromatic carbocycles. The average Bonchev–Trinajstić information content (AvgIpc) is 1.43. The molecular weight excluding hydrogens is 1200 g/mol. The van der Waals surface area contributed by atoms with Gasteiger partial charge in [-0.25, -0.2) is 4.79 Å². The topological polar surface area (TPSA) is 301 Å². The molecule has 526 valence electrons. The monoisotopic (exact) mass is 1310 g/mol. The van der Waals surface area contributed by atoms with Gasteiger partial charge in [0, 0.05) is 84.6 Å². The van der Waals surface area contributed by atoms with E-state index in [0.29, 0.717) is 63.4 Å². The van der Waals surface area contributed by atoms with E-state index < -0.39 is 183 Å². The van der Waals surface area contributed by atoms with Crippen LogP contribution < -0.4 is 0 Å². The Bertz CT molecular complexity index is 2520. The molecule has 33 unspecified atom stereocenters. The van der Waals surface area contributed by atoms with Gasteiger partial charge in [0.1, 0.15) is 66.8 Å². The summed E-state index contributed by atoms with van der Waals surface area (Å²) in [7, 11) is 8.07. The first-order valence-electron chi connectivity index (χ1n) is 33.7. The first-order chi connectivity index (χ1) is 43.8. The van der Waals surface area contributed by atoms with Gasteiger partial charge in [0.05, 0.1) is 79.4 Å². The van der Waals surface area contributed by atoms with E-state index >= 15 is 0 Å². The summed E-state index contributed by atoms with van der Waals surface area (Å²) in [4.78, 5) is 26.6. The fourth-order valence-corrected chi connectivity index (χ4v) is 17.6. The molecule has 92 heavy (non-hydrogen) atoms. The van der Waals surface area contributed by atoms with Crippen molar-refractivity contribution < 1.29 is 120 Å². The number of aliphatic hydroxyl groups excluding tert-OH is 4. The zero-order valence-corrected chi connectivity index (χ0v) is 56.6. The van der Waals surface area contributed by atoms with Crippen molar-refractivity contribution in [3.63, 3.8) is 0 Å². The summed E-state index contributed by atoms with van der Waals surface area (Å²) in [6, 6.07) is 0. The second-order valence-electron chi connectivity index (χ2n) is 28.2. The Kier molecular flexibility index (Phi) is 23.7. The predicted octanol–water partition coefficient (Wildman–Crippen LogP) is 4.62. The van der Waals surface area contributed by atoms with Crippen molar-refractivity contribution in [1.29, 1.82) is 0 Å². The van der Waals surface area contributed by atoms with Crippen molar-refractivity contribution in [1.82, 2.24) is 0 Å². The van der Waals surface area contributed by atoms with Gasteiger partial charge in [0.25, 0.3) is 0 Å². The van der Waals surface area contributed by atoms with Crippen molar-refractivity contribution in [2.75, 3.05) is 42.2 Å². The maximum atomic E-state index is 13.4. The van der Waals surface area contributed by atoms with Gasteiger partial charge in [-0.15, -0.1) is 0 Å². The van der Waals surface area contributed by atoms with Crippen molar-refractivity contribution >= 4 is 11.8 Å². The highest BCUT2D eigenvalue weighted by molar-refractivity contribution is 5.88. The van der Waals surface area contributed by atoms with Gasteiger partial charge in [-0.2, -0.15) is 0 Å². The molecule has 0 aromatic rings. The molecule has 4 aliphatic carbocycles. The second-order valence-corrected chi connectivity index (χ2v) is 28.2. The number of Topliss-reactive ketones (excluding diaryl/α,β-unsaturated/α-hetero) is 1. The lowest BCUT2D eigenvalue weighted by Crippen LogP contribution is -2.66. The summed E-state index contributed by atoms with van der Waals surface area (Å²) in [5.74, 6) is -0.804. The lowest BCUT2D eigenvalue weighted by atomic mass is 9.45. The molecule has 6 aliphatic heterocycles. The summed E-state index contributed by atoms with van der Waals surface area (Å²) in [6.45, 7) is 18.3. The number of rotatable bonds is 21. The van der Waals surface area contributed by atoms with E-state index in [2.05, 4.69) is 13.0 Å². The highest BCUT2D eigenvalue weighted by Crippen LogP contribution is 2.69. The van der Waals surface area contributed by atoms with Crippen LogP contribution >= 0.6 is 0 Å². The number of ether oxygens (including phenoxy) is 18. The third-order valence-electron chi connectivity index (χ3n) is 23.1. The molecule has 6 heterocycles. The fraction of sp³-hybridized carbons (Fsp3) is 0.910. The van der Waals surface area contributed by atoms with E-state index in [1.807, 2.05) is 41.5 Å². The highest BCUT2D eigenvalue weighted by Gasteiger charge is 2.72. The molecule has 25 heteroatoms. The van der Waals surface area contributed by atoms with E-state index in [9.17, 15) is 35.1 Å². The number of allylic oxidation sites excluding steroid dienone is 2. The van der Waals surface area contributed by atoms with Crippen molar-refractivity contribution in [3.8, 4) is 0 Å². The van der Waals surface area contributed by atoms with Gasteiger partial charge in [0.15, 0.2) is 37.7 Å². The van der Waals surface area contributed by atoms with Gasteiger partial charge in [-0.3, -0.25) is 4.79 Å². The Morgan fingerprint density at radius 2 is 0.989 bits per heavy atom. The molecule has 0 radical (unpaired) electrons. The minimum Gasteiger partial charge on any atom is -0.458 e. The molecule has 3 saturated carbocycles. The first kappa shape index (κ1) is 72.5. The molecule has 0 amide bonds. The maximum absolute atomic E-state index is 13.4. The zero-order valence-electron chi connectivity index (χ0n) is 56.6. The number of esters is 1. The van der Waals surface area contributed by atoms with Crippen LogP contribution in [0, 0.1) is 28.6 Å². The molecule has 0 aromatic heterocycles. The van der Waals surface area contributed by atoms with Crippen LogP contribution in [0.15, 0.2) is 23.3 Å². The van der Waals surface area contributed by atoms with Crippen molar-refractivity contribution in [3.05, 3.63) is 23.3 Å². The number of carbonyl (C=O) groups is 2. The summed E-state index contributed by atoms with van der Waals surface area (Å²) in [5, 5.41) is 53.9. The van der Waals surface area contributed by atoms with Gasteiger partial charge in [0.2, 0.25) is 0 Å². The quantitative estimate of drug-likeness (QED) is 0.0595. The molecule has 33 atom stereocenters.